The zero-order valence-electron chi connectivity index (χ0n) is 9.23. The van der Waals surface area contributed by atoms with E-state index in [1.54, 1.807) is 18.0 Å². The van der Waals surface area contributed by atoms with E-state index in [0.29, 0.717) is 5.25 Å². The third-order valence-electron chi connectivity index (χ3n) is 1.80. The fourth-order valence-corrected chi connectivity index (χ4v) is 1.97. The van der Waals surface area contributed by atoms with E-state index in [9.17, 15) is 0 Å². The molecule has 0 aliphatic heterocycles. The van der Waals surface area contributed by atoms with Crippen LogP contribution < -0.4 is 5.32 Å². The predicted octanol–water partition coefficient (Wildman–Crippen LogP) is 2.04. The third kappa shape index (κ3) is 4.95. The number of aromatic nitrogens is 2. The molecular weight excluding hydrogens is 206 g/mol. The molecule has 1 rings (SSSR count). The summed E-state index contributed by atoms with van der Waals surface area (Å²) in [6.45, 7) is 9.58. The van der Waals surface area contributed by atoms with Crippen LogP contribution in [0.5, 0.6) is 0 Å². The first-order valence-electron chi connectivity index (χ1n) is 5.00. The van der Waals surface area contributed by atoms with Crippen LogP contribution in [-0.4, -0.2) is 28.3 Å². The van der Waals surface area contributed by atoms with Gasteiger partial charge >= 0.3 is 0 Å². The molecule has 82 valence electrons. The van der Waals surface area contributed by atoms with Crippen LogP contribution in [0.3, 0.4) is 0 Å². The molecule has 1 aromatic heterocycles. The number of aryl methyl sites for hydroxylation is 1. The van der Waals surface area contributed by atoms with Gasteiger partial charge in [-0.05, 0) is 13.0 Å². The molecule has 1 atom stereocenters. The monoisotopic (exact) mass is 223 g/mol. The first kappa shape index (κ1) is 12.2. The number of rotatable bonds is 6. The van der Waals surface area contributed by atoms with Gasteiger partial charge in [-0.2, -0.15) is 0 Å². The molecule has 0 radical (unpaired) electrons. The minimum Gasteiger partial charge on any atom is -0.312 e. The lowest BCUT2D eigenvalue weighted by atomic mass is 10.4. The highest BCUT2D eigenvalue weighted by molar-refractivity contribution is 7.99. The average Bonchev–Trinajstić information content (AvgIpc) is 2.18. The number of nitrogens with zero attached hydrogens (tertiary/aromatic N) is 2. The van der Waals surface area contributed by atoms with Crippen molar-refractivity contribution in [1.29, 1.82) is 0 Å². The number of hydrogen-bond acceptors (Lipinski definition) is 4. The van der Waals surface area contributed by atoms with E-state index >= 15 is 0 Å². The number of thioether (sulfide) groups is 1. The molecule has 0 saturated carbocycles. The Labute approximate surface area is 95.4 Å². The van der Waals surface area contributed by atoms with Gasteiger partial charge in [-0.1, -0.05) is 24.8 Å². The van der Waals surface area contributed by atoms with Crippen LogP contribution in [0, 0.1) is 6.92 Å². The third-order valence-corrected chi connectivity index (χ3v) is 2.78. The molecule has 1 unspecified atom stereocenters. The fourth-order valence-electron chi connectivity index (χ4n) is 1.09. The molecule has 1 heterocycles. The summed E-state index contributed by atoms with van der Waals surface area (Å²) in [5, 5.41) is 4.59. The molecule has 0 aromatic carbocycles. The van der Waals surface area contributed by atoms with E-state index in [-0.39, 0.29) is 0 Å². The Balaban J connectivity index is 2.37. The molecule has 0 saturated heterocycles. The Bertz CT molecular complexity index is 314. The zero-order chi connectivity index (χ0) is 11.1. The van der Waals surface area contributed by atoms with E-state index in [0.717, 1.165) is 23.9 Å². The normalized spacial score (nSPS) is 12.4. The minimum atomic E-state index is 0.465. The van der Waals surface area contributed by atoms with Crippen molar-refractivity contribution in [3.05, 3.63) is 30.6 Å². The van der Waals surface area contributed by atoms with Gasteiger partial charge in [0.05, 0.1) is 0 Å². The predicted molar refractivity (Wildman–Crippen MR) is 65.2 cm³/mol. The quantitative estimate of drug-likeness (QED) is 0.347. The smallest absolute Gasteiger partial charge is 0.188 e. The lowest BCUT2D eigenvalue weighted by Crippen LogP contribution is -2.22. The molecule has 3 nitrogen and oxygen atoms in total. The zero-order valence-corrected chi connectivity index (χ0v) is 10.0. The first-order chi connectivity index (χ1) is 7.22. The molecule has 1 N–H and O–H groups in total. The van der Waals surface area contributed by atoms with Crippen LogP contribution in [0.4, 0.5) is 0 Å². The van der Waals surface area contributed by atoms with Gasteiger partial charge in [-0.3, -0.25) is 0 Å². The van der Waals surface area contributed by atoms with Crippen molar-refractivity contribution in [3.8, 4) is 0 Å². The van der Waals surface area contributed by atoms with E-state index in [4.69, 9.17) is 0 Å². The van der Waals surface area contributed by atoms with Crippen LogP contribution >= 0.6 is 11.8 Å². The van der Waals surface area contributed by atoms with Crippen LogP contribution in [0.1, 0.15) is 12.6 Å². The van der Waals surface area contributed by atoms with E-state index < -0.39 is 0 Å². The summed E-state index contributed by atoms with van der Waals surface area (Å²) < 4.78 is 0. The fraction of sp³-hybridized carbons (Fsp3) is 0.455. The van der Waals surface area contributed by atoms with Crippen molar-refractivity contribution in [2.45, 2.75) is 24.3 Å². The molecule has 0 aliphatic rings. The molecular formula is C11H17N3S. The van der Waals surface area contributed by atoms with Crippen LogP contribution in [0.15, 0.2) is 30.1 Å². The van der Waals surface area contributed by atoms with Crippen molar-refractivity contribution in [2.24, 2.45) is 0 Å². The standard InChI is InChI=1S/C11H17N3S/c1-4-6-12-8-10(3)15-11-13-7-5-9(2)14-11/h4-5,7,10,12H,1,6,8H2,2-3H3. The topological polar surface area (TPSA) is 37.8 Å². The van der Waals surface area contributed by atoms with Crippen molar-refractivity contribution in [2.75, 3.05) is 13.1 Å². The summed E-state index contributed by atoms with van der Waals surface area (Å²) in [7, 11) is 0. The second-order valence-electron chi connectivity index (χ2n) is 3.36. The average molecular weight is 223 g/mol. The van der Waals surface area contributed by atoms with Gasteiger partial charge in [0.1, 0.15) is 0 Å². The highest BCUT2D eigenvalue weighted by atomic mass is 32.2. The molecule has 0 aliphatic carbocycles. The molecule has 0 bridgehead atoms. The van der Waals surface area contributed by atoms with Crippen LogP contribution in [0.2, 0.25) is 0 Å². The Morgan fingerprint density at radius 3 is 3.13 bits per heavy atom. The highest BCUT2D eigenvalue weighted by Crippen LogP contribution is 2.17. The summed E-state index contributed by atoms with van der Waals surface area (Å²) in [5.41, 5.74) is 1.01. The van der Waals surface area contributed by atoms with Gasteiger partial charge in [0.15, 0.2) is 5.16 Å². The van der Waals surface area contributed by atoms with Crippen LogP contribution in [0.25, 0.3) is 0 Å². The molecule has 4 heteroatoms. The first-order valence-corrected chi connectivity index (χ1v) is 5.88. The Morgan fingerprint density at radius 2 is 2.47 bits per heavy atom. The van der Waals surface area contributed by atoms with Crippen molar-refractivity contribution >= 4 is 11.8 Å². The maximum Gasteiger partial charge on any atom is 0.188 e. The van der Waals surface area contributed by atoms with Gasteiger partial charge < -0.3 is 5.32 Å². The van der Waals surface area contributed by atoms with E-state index in [1.165, 1.54) is 0 Å². The maximum atomic E-state index is 4.35. The van der Waals surface area contributed by atoms with E-state index in [1.807, 2.05) is 19.1 Å². The molecule has 15 heavy (non-hydrogen) atoms. The largest absolute Gasteiger partial charge is 0.312 e. The lowest BCUT2D eigenvalue weighted by molar-refractivity contribution is 0.737. The second-order valence-corrected chi connectivity index (χ2v) is 4.76. The lowest BCUT2D eigenvalue weighted by Gasteiger charge is -2.10. The second kappa shape index (κ2) is 6.58. The van der Waals surface area contributed by atoms with Gasteiger partial charge in [0.2, 0.25) is 0 Å². The Kier molecular flexibility index (Phi) is 5.36. The SMILES string of the molecule is C=CCNCC(C)Sc1nccc(C)n1. The Hall–Kier alpha value is -0.870. The number of nitrogens with one attached hydrogen (secondary N) is 1. The molecule has 1 aromatic rings. The van der Waals surface area contributed by atoms with Gasteiger partial charge in [-0.15, -0.1) is 6.58 Å². The minimum absolute atomic E-state index is 0.465. The van der Waals surface area contributed by atoms with E-state index in [2.05, 4.69) is 28.8 Å². The van der Waals surface area contributed by atoms with Gasteiger partial charge in [0.25, 0.3) is 0 Å². The van der Waals surface area contributed by atoms with Crippen LogP contribution in [-0.2, 0) is 0 Å². The summed E-state index contributed by atoms with van der Waals surface area (Å²) in [6.07, 6.45) is 3.66. The summed E-state index contributed by atoms with van der Waals surface area (Å²) in [4.78, 5) is 8.56. The molecule has 0 amide bonds. The highest BCUT2D eigenvalue weighted by Gasteiger charge is 2.05. The molecule has 0 spiro atoms. The summed E-state index contributed by atoms with van der Waals surface area (Å²) in [5.74, 6) is 0. The van der Waals surface area contributed by atoms with Crippen molar-refractivity contribution in [3.63, 3.8) is 0 Å². The van der Waals surface area contributed by atoms with Gasteiger partial charge in [-0.25, -0.2) is 9.97 Å². The van der Waals surface area contributed by atoms with Crippen molar-refractivity contribution in [1.82, 2.24) is 15.3 Å². The van der Waals surface area contributed by atoms with Crippen molar-refractivity contribution < 1.29 is 0 Å². The van der Waals surface area contributed by atoms with Gasteiger partial charge in [0, 0.05) is 30.2 Å². The maximum absolute atomic E-state index is 4.35. The summed E-state index contributed by atoms with van der Waals surface area (Å²) >= 11 is 1.69. The Morgan fingerprint density at radius 1 is 1.67 bits per heavy atom. The number of hydrogen-bond donors (Lipinski definition) is 1. The summed E-state index contributed by atoms with van der Waals surface area (Å²) in [6, 6.07) is 1.91. The molecule has 0 fully saturated rings.